The molecule has 0 unspecified atom stereocenters. The average molecular weight is 450 g/mol. The Hall–Kier alpha value is -1.91. The van der Waals surface area contributed by atoms with Gasteiger partial charge < -0.3 is 4.90 Å². The Morgan fingerprint density at radius 2 is 1.93 bits per heavy atom. The number of nitrogens with one attached hydrogen (secondary N) is 1. The first-order chi connectivity index (χ1) is 14.5. The van der Waals surface area contributed by atoms with E-state index in [2.05, 4.69) is 22.1 Å². The molecule has 4 rings (SSSR count). The number of hydrogen-bond acceptors (Lipinski definition) is 6. The van der Waals surface area contributed by atoms with Gasteiger partial charge in [-0.1, -0.05) is 24.8 Å². The van der Waals surface area contributed by atoms with Crippen molar-refractivity contribution in [1.82, 2.24) is 24.4 Å². The van der Waals surface area contributed by atoms with Crippen LogP contribution in [0.4, 0.5) is 0 Å². The van der Waals surface area contributed by atoms with Crippen LogP contribution >= 0.6 is 11.8 Å². The minimum atomic E-state index is -3.52. The summed E-state index contributed by atoms with van der Waals surface area (Å²) in [6.45, 7) is 3.51. The lowest BCUT2D eigenvalue weighted by atomic mass is 10.1. The average Bonchev–Trinajstić information content (AvgIpc) is 3.41. The fourth-order valence-electron chi connectivity index (χ4n) is 3.94. The molecule has 2 aliphatic rings. The van der Waals surface area contributed by atoms with Crippen LogP contribution in [0.5, 0.6) is 0 Å². The first kappa shape index (κ1) is 21.3. The van der Waals surface area contributed by atoms with Crippen molar-refractivity contribution in [2.24, 2.45) is 0 Å². The van der Waals surface area contributed by atoms with Crippen LogP contribution < -0.4 is 0 Å². The van der Waals surface area contributed by atoms with E-state index in [0.29, 0.717) is 36.2 Å². The number of H-pyrrole nitrogens is 1. The van der Waals surface area contributed by atoms with Crippen LogP contribution in [0.25, 0.3) is 0 Å². The van der Waals surface area contributed by atoms with Gasteiger partial charge in [0.05, 0.1) is 10.6 Å². The van der Waals surface area contributed by atoms with Crippen LogP contribution in [0.1, 0.15) is 36.7 Å². The molecule has 2 heterocycles. The maximum absolute atomic E-state index is 13.0. The summed E-state index contributed by atoms with van der Waals surface area (Å²) in [6.07, 6.45) is 4.88. The molecule has 0 atom stereocenters. The number of hydrogen-bond donors (Lipinski definition) is 1. The number of carbonyl (C=O) groups is 1. The zero-order valence-electron chi connectivity index (χ0n) is 17.1. The van der Waals surface area contributed by atoms with Crippen LogP contribution in [-0.4, -0.2) is 70.6 Å². The molecule has 0 radical (unpaired) electrons. The summed E-state index contributed by atoms with van der Waals surface area (Å²) in [4.78, 5) is 19.0. The van der Waals surface area contributed by atoms with Crippen LogP contribution in [0.2, 0.25) is 0 Å². The third-order valence-corrected chi connectivity index (χ3v) is 8.35. The van der Waals surface area contributed by atoms with Crippen LogP contribution in [-0.2, 0) is 34.1 Å². The molecule has 30 heavy (non-hydrogen) atoms. The molecular weight excluding hydrogens is 422 g/mol. The maximum Gasteiger partial charge on any atom is 0.243 e. The highest BCUT2D eigenvalue weighted by Gasteiger charge is 2.30. The summed E-state index contributed by atoms with van der Waals surface area (Å²) >= 11 is 1.31. The maximum atomic E-state index is 13.0. The van der Waals surface area contributed by atoms with Crippen molar-refractivity contribution in [3.63, 3.8) is 0 Å². The Balaban J connectivity index is 1.31. The predicted molar refractivity (Wildman–Crippen MR) is 115 cm³/mol. The molecule has 1 aliphatic carbocycles. The minimum Gasteiger partial charge on any atom is -0.339 e. The van der Waals surface area contributed by atoms with Crippen molar-refractivity contribution in [3.8, 4) is 0 Å². The summed E-state index contributed by atoms with van der Waals surface area (Å²) < 4.78 is 27.5. The van der Waals surface area contributed by atoms with E-state index in [1.807, 2.05) is 12.1 Å². The van der Waals surface area contributed by atoms with Crippen molar-refractivity contribution in [3.05, 3.63) is 35.2 Å². The zero-order valence-corrected chi connectivity index (χ0v) is 18.8. The molecule has 0 spiro atoms. The van der Waals surface area contributed by atoms with Gasteiger partial charge in [-0.05, 0) is 48.9 Å². The Morgan fingerprint density at radius 1 is 1.17 bits per heavy atom. The molecule has 1 N–H and O–H groups in total. The van der Waals surface area contributed by atoms with Gasteiger partial charge >= 0.3 is 0 Å². The van der Waals surface area contributed by atoms with Crippen LogP contribution in [0, 0.1) is 0 Å². The molecule has 0 saturated carbocycles. The van der Waals surface area contributed by atoms with E-state index in [1.54, 1.807) is 11.0 Å². The summed E-state index contributed by atoms with van der Waals surface area (Å²) in [6, 6.07) is 5.49. The van der Waals surface area contributed by atoms with E-state index in [0.717, 1.165) is 43.5 Å². The molecule has 1 fully saturated rings. The van der Waals surface area contributed by atoms with Gasteiger partial charge in [-0.15, -0.1) is 5.10 Å². The third kappa shape index (κ3) is 4.55. The zero-order chi connectivity index (χ0) is 21.1. The lowest BCUT2D eigenvalue weighted by Crippen LogP contribution is -2.51. The van der Waals surface area contributed by atoms with Crippen molar-refractivity contribution >= 4 is 27.7 Å². The number of aromatic nitrogens is 3. The predicted octanol–water partition coefficient (Wildman–Crippen LogP) is 1.87. The number of aryl methyl sites for hydroxylation is 3. The second kappa shape index (κ2) is 9.07. The molecule has 162 valence electrons. The Labute approximate surface area is 181 Å². The number of carbonyl (C=O) groups excluding carboxylic acids is 1. The molecule has 2 aromatic rings. The molecule has 1 amide bonds. The Morgan fingerprint density at radius 3 is 2.70 bits per heavy atom. The van der Waals surface area contributed by atoms with E-state index < -0.39 is 10.0 Å². The van der Waals surface area contributed by atoms with E-state index in [9.17, 15) is 13.2 Å². The first-order valence-corrected chi connectivity index (χ1v) is 12.8. The van der Waals surface area contributed by atoms with Crippen LogP contribution in [0.15, 0.2) is 28.3 Å². The van der Waals surface area contributed by atoms with Crippen LogP contribution in [0.3, 0.4) is 0 Å². The standard InChI is InChI=1S/C20H27N5O3S2/c1-2-4-18-21-20(23-22-18)29-14-19(26)24-9-11-25(12-10-24)30(27,28)17-8-7-15-5-3-6-16(15)13-17/h7-8,13H,2-6,9-12,14H2,1H3,(H,21,22,23). The van der Waals surface area contributed by atoms with E-state index in [1.165, 1.54) is 21.6 Å². The van der Waals surface area contributed by atoms with Gasteiger partial charge in [0.2, 0.25) is 21.1 Å². The molecule has 8 nitrogen and oxygen atoms in total. The highest BCUT2D eigenvalue weighted by Crippen LogP contribution is 2.27. The smallest absolute Gasteiger partial charge is 0.243 e. The minimum absolute atomic E-state index is 0.0172. The number of aromatic amines is 1. The van der Waals surface area contributed by atoms with Gasteiger partial charge in [-0.25, -0.2) is 13.4 Å². The number of fused-ring (bicyclic) bond motifs is 1. The first-order valence-electron chi connectivity index (χ1n) is 10.4. The molecular formula is C20H27N5O3S2. The number of thioether (sulfide) groups is 1. The monoisotopic (exact) mass is 449 g/mol. The second-order valence-electron chi connectivity index (χ2n) is 7.67. The number of amides is 1. The molecule has 1 aliphatic heterocycles. The number of sulfonamides is 1. The Kier molecular flexibility index (Phi) is 6.45. The number of nitrogens with zero attached hydrogens (tertiary/aromatic N) is 4. The van der Waals surface area contributed by atoms with Gasteiger partial charge in [-0.2, -0.15) is 4.31 Å². The van der Waals surface area contributed by atoms with Gasteiger partial charge in [0.15, 0.2) is 0 Å². The van der Waals surface area contributed by atoms with Crippen molar-refractivity contribution in [2.75, 3.05) is 31.9 Å². The fourth-order valence-corrected chi connectivity index (χ4v) is 6.14. The quantitative estimate of drug-likeness (QED) is 0.648. The summed E-state index contributed by atoms with van der Waals surface area (Å²) in [5.41, 5.74) is 2.41. The highest BCUT2D eigenvalue weighted by atomic mass is 32.2. The summed E-state index contributed by atoms with van der Waals surface area (Å²) in [5, 5.41) is 7.58. The Bertz CT molecular complexity index is 1010. The highest BCUT2D eigenvalue weighted by molar-refractivity contribution is 7.99. The van der Waals surface area contributed by atoms with E-state index in [4.69, 9.17) is 0 Å². The molecule has 1 aromatic carbocycles. The van der Waals surface area contributed by atoms with E-state index >= 15 is 0 Å². The molecule has 1 aromatic heterocycles. The van der Waals surface area contributed by atoms with Gasteiger partial charge in [0, 0.05) is 32.6 Å². The summed E-state index contributed by atoms with van der Waals surface area (Å²) in [5.74, 6) is 1.07. The van der Waals surface area contributed by atoms with Gasteiger partial charge in [0.25, 0.3) is 0 Å². The van der Waals surface area contributed by atoms with E-state index in [-0.39, 0.29) is 11.7 Å². The van der Waals surface area contributed by atoms with Gasteiger partial charge in [0.1, 0.15) is 5.82 Å². The second-order valence-corrected chi connectivity index (χ2v) is 10.6. The van der Waals surface area contributed by atoms with Gasteiger partial charge in [-0.3, -0.25) is 9.89 Å². The SMILES string of the molecule is CCCc1nc(SCC(=O)N2CCN(S(=O)(=O)c3ccc4c(c3)CCC4)CC2)n[nH]1. The normalized spacial score (nSPS) is 17.3. The number of piperazine rings is 1. The summed E-state index contributed by atoms with van der Waals surface area (Å²) in [7, 11) is -3.52. The third-order valence-electron chi connectivity index (χ3n) is 5.62. The molecule has 1 saturated heterocycles. The lowest BCUT2D eigenvalue weighted by molar-refractivity contribution is -0.129. The largest absolute Gasteiger partial charge is 0.339 e. The van der Waals surface area contributed by atoms with Crippen molar-refractivity contribution in [1.29, 1.82) is 0 Å². The van der Waals surface area contributed by atoms with Crippen molar-refractivity contribution in [2.45, 2.75) is 49.1 Å². The van der Waals surface area contributed by atoms with Crippen molar-refractivity contribution < 1.29 is 13.2 Å². The fraction of sp³-hybridized carbons (Fsp3) is 0.550. The molecule has 0 bridgehead atoms. The topological polar surface area (TPSA) is 99.3 Å². The lowest BCUT2D eigenvalue weighted by Gasteiger charge is -2.34. The molecule has 10 heteroatoms. The number of benzene rings is 1. The number of rotatable bonds is 7.